The van der Waals surface area contributed by atoms with Crippen molar-refractivity contribution in [2.24, 2.45) is 5.92 Å². The van der Waals surface area contributed by atoms with Gasteiger partial charge in [-0.15, -0.1) is 0 Å². The molecule has 2 atom stereocenters. The first kappa shape index (κ1) is 11.7. The van der Waals surface area contributed by atoms with Gasteiger partial charge in [-0.05, 0) is 6.08 Å². The number of carbonyl (C=O) groups is 2. The summed E-state index contributed by atoms with van der Waals surface area (Å²) in [6.07, 6.45) is 3.51. The minimum Gasteiger partial charge on any atom is -0.479 e. The standard InChI is InChI=1S/C9H8ClFO4/c1-15-7(12)5-3-2-4-6(10)9(5,11)8(13)14/h2-5H,1H3,(H,13,14). The zero-order valence-electron chi connectivity index (χ0n) is 7.74. The van der Waals surface area contributed by atoms with Crippen molar-refractivity contribution in [1.29, 1.82) is 0 Å². The molecule has 0 saturated heterocycles. The van der Waals surface area contributed by atoms with E-state index >= 15 is 0 Å². The largest absolute Gasteiger partial charge is 0.479 e. The Morgan fingerprint density at radius 1 is 1.67 bits per heavy atom. The van der Waals surface area contributed by atoms with Gasteiger partial charge in [0.15, 0.2) is 0 Å². The van der Waals surface area contributed by atoms with Crippen LogP contribution in [-0.2, 0) is 14.3 Å². The first-order valence-electron chi connectivity index (χ1n) is 3.99. The van der Waals surface area contributed by atoms with Crippen LogP contribution in [0.25, 0.3) is 0 Å². The minimum atomic E-state index is -2.94. The molecule has 0 aromatic heterocycles. The third-order valence-electron chi connectivity index (χ3n) is 2.09. The van der Waals surface area contributed by atoms with Crippen molar-refractivity contribution in [1.82, 2.24) is 0 Å². The van der Waals surface area contributed by atoms with E-state index in [0.717, 1.165) is 19.3 Å². The summed E-state index contributed by atoms with van der Waals surface area (Å²) < 4.78 is 18.3. The maximum atomic E-state index is 14.0. The van der Waals surface area contributed by atoms with Crippen LogP contribution in [0.3, 0.4) is 0 Å². The molecule has 0 aliphatic heterocycles. The molecule has 82 valence electrons. The molecular formula is C9H8ClFO4. The normalized spacial score (nSPS) is 29.5. The molecule has 1 aliphatic rings. The fraction of sp³-hybridized carbons (Fsp3) is 0.333. The third-order valence-corrected chi connectivity index (χ3v) is 2.49. The quantitative estimate of drug-likeness (QED) is 0.731. The predicted molar refractivity (Wildman–Crippen MR) is 50.1 cm³/mol. The van der Waals surface area contributed by atoms with Gasteiger partial charge in [0.2, 0.25) is 0 Å². The van der Waals surface area contributed by atoms with Crippen LogP contribution in [0.4, 0.5) is 4.39 Å². The van der Waals surface area contributed by atoms with Gasteiger partial charge in [-0.2, -0.15) is 0 Å². The van der Waals surface area contributed by atoms with E-state index < -0.39 is 28.6 Å². The number of carboxylic acid groups (broad SMARTS) is 1. The number of hydrogen-bond acceptors (Lipinski definition) is 3. The summed E-state index contributed by atoms with van der Waals surface area (Å²) in [6.45, 7) is 0. The molecular weight excluding hydrogens is 227 g/mol. The molecule has 0 bridgehead atoms. The summed E-state index contributed by atoms with van der Waals surface area (Å²) >= 11 is 5.46. The number of allylic oxidation sites excluding steroid dienone is 2. The lowest BCUT2D eigenvalue weighted by Gasteiger charge is -2.27. The number of halogens is 2. The fourth-order valence-electron chi connectivity index (χ4n) is 1.26. The Morgan fingerprint density at radius 2 is 2.27 bits per heavy atom. The number of hydrogen-bond donors (Lipinski definition) is 1. The molecule has 0 spiro atoms. The van der Waals surface area contributed by atoms with Gasteiger partial charge >= 0.3 is 11.9 Å². The van der Waals surface area contributed by atoms with Gasteiger partial charge in [0.25, 0.3) is 5.67 Å². The molecule has 0 aromatic carbocycles. The molecule has 1 N–H and O–H groups in total. The van der Waals surface area contributed by atoms with Crippen LogP contribution in [0.5, 0.6) is 0 Å². The Bertz CT molecular complexity index is 363. The van der Waals surface area contributed by atoms with Crippen LogP contribution in [0.2, 0.25) is 0 Å². The average molecular weight is 235 g/mol. The number of ether oxygens (including phenoxy) is 1. The second kappa shape index (κ2) is 4.02. The fourth-order valence-corrected chi connectivity index (χ4v) is 1.53. The van der Waals surface area contributed by atoms with E-state index in [1.807, 2.05) is 0 Å². The summed E-state index contributed by atoms with van der Waals surface area (Å²) in [4.78, 5) is 21.9. The number of carbonyl (C=O) groups excluding carboxylic acids is 1. The van der Waals surface area contributed by atoms with Crippen LogP contribution >= 0.6 is 11.6 Å². The molecule has 0 saturated carbocycles. The van der Waals surface area contributed by atoms with Gasteiger partial charge in [0, 0.05) is 0 Å². The van der Waals surface area contributed by atoms with Gasteiger partial charge in [0.05, 0.1) is 12.1 Å². The lowest BCUT2D eigenvalue weighted by atomic mass is 9.85. The Kier molecular flexibility index (Phi) is 3.14. The van der Waals surface area contributed by atoms with Crippen molar-refractivity contribution in [2.75, 3.05) is 7.11 Å². The molecule has 1 rings (SSSR count). The van der Waals surface area contributed by atoms with E-state index in [1.165, 1.54) is 6.08 Å². The molecule has 15 heavy (non-hydrogen) atoms. The van der Waals surface area contributed by atoms with Gasteiger partial charge < -0.3 is 9.84 Å². The van der Waals surface area contributed by atoms with E-state index in [4.69, 9.17) is 16.7 Å². The molecule has 0 aromatic rings. The number of esters is 1. The predicted octanol–water partition coefficient (Wildman–Crippen LogP) is 1.26. The number of alkyl halides is 1. The summed E-state index contributed by atoms with van der Waals surface area (Å²) in [5.41, 5.74) is -2.94. The highest BCUT2D eigenvalue weighted by atomic mass is 35.5. The molecule has 0 radical (unpaired) electrons. The number of methoxy groups -OCH3 is 1. The average Bonchev–Trinajstić information content (AvgIpc) is 2.20. The first-order valence-corrected chi connectivity index (χ1v) is 4.37. The minimum absolute atomic E-state index is 0.548. The second-order valence-corrected chi connectivity index (χ2v) is 3.32. The van der Waals surface area contributed by atoms with E-state index in [9.17, 15) is 14.0 Å². The smallest absolute Gasteiger partial charge is 0.348 e. The molecule has 6 heteroatoms. The zero-order valence-corrected chi connectivity index (χ0v) is 8.49. The first-order chi connectivity index (χ1) is 6.94. The van der Waals surface area contributed by atoms with Crippen LogP contribution < -0.4 is 0 Å². The van der Waals surface area contributed by atoms with E-state index in [-0.39, 0.29) is 0 Å². The Hall–Kier alpha value is -1.36. The lowest BCUT2D eigenvalue weighted by Crippen LogP contribution is -2.46. The lowest BCUT2D eigenvalue weighted by molar-refractivity contribution is -0.160. The third kappa shape index (κ3) is 1.74. The number of rotatable bonds is 2. The molecule has 0 heterocycles. The van der Waals surface area contributed by atoms with Crippen LogP contribution in [0.15, 0.2) is 23.3 Å². The van der Waals surface area contributed by atoms with Crippen molar-refractivity contribution in [3.63, 3.8) is 0 Å². The topological polar surface area (TPSA) is 63.6 Å². The summed E-state index contributed by atoms with van der Waals surface area (Å²) in [7, 11) is 1.05. The van der Waals surface area contributed by atoms with Crippen LogP contribution in [0, 0.1) is 5.92 Å². The summed E-state index contributed by atoms with van der Waals surface area (Å²) in [6, 6.07) is 0. The molecule has 1 aliphatic carbocycles. The van der Waals surface area contributed by atoms with Gasteiger partial charge in [-0.25, -0.2) is 9.18 Å². The van der Waals surface area contributed by atoms with Crippen LogP contribution in [-0.4, -0.2) is 29.8 Å². The van der Waals surface area contributed by atoms with Crippen molar-refractivity contribution in [2.45, 2.75) is 5.67 Å². The highest BCUT2D eigenvalue weighted by Crippen LogP contribution is 2.38. The highest BCUT2D eigenvalue weighted by Gasteiger charge is 2.53. The molecule has 0 fully saturated rings. The van der Waals surface area contributed by atoms with Gasteiger partial charge in [-0.1, -0.05) is 23.8 Å². The number of aliphatic carboxylic acids is 1. The zero-order chi connectivity index (χ0) is 11.6. The molecule has 4 nitrogen and oxygen atoms in total. The Labute approximate surface area is 90.0 Å². The maximum Gasteiger partial charge on any atom is 0.348 e. The van der Waals surface area contributed by atoms with E-state index in [1.54, 1.807) is 0 Å². The summed E-state index contributed by atoms with van der Waals surface area (Å²) in [5, 5.41) is 8.19. The maximum absolute atomic E-state index is 14.0. The SMILES string of the molecule is COC(=O)C1C=CC=C(Cl)C1(F)C(=O)O. The van der Waals surface area contributed by atoms with Crippen molar-refractivity contribution >= 4 is 23.5 Å². The van der Waals surface area contributed by atoms with Gasteiger partial charge in [0.1, 0.15) is 5.92 Å². The molecule has 0 amide bonds. The molecule has 2 unspecified atom stereocenters. The van der Waals surface area contributed by atoms with Gasteiger partial charge in [-0.3, -0.25) is 4.79 Å². The Balaban J connectivity index is 3.18. The van der Waals surface area contributed by atoms with E-state index in [2.05, 4.69) is 4.74 Å². The second-order valence-electron chi connectivity index (χ2n) is 2.92. The summed E-state index contributed by atoms with van der Waals surface area (Å²) in [5.74, 6) is -4.36. The van der Waals surface area contributed by atoms with Crippen molar-refractivity contribution in [3.05, 3.63) is 23.3 Å². The number of carboxylic acids is 1. The Morgan fingerprint density at radius 3 is 2.73 bits per heavy atom. The van der Waals surface area contributed by atoms with E-state index in [0.29, 0.717) is 0 Å². The monoisotopic (exact) mass is 234 g/mol. The van der Waals surface area contributed by atoms with Crippen LogP contribution in [0.1, 0.15) is 0 Å². The highest BCUT2D eigenvalue weighted by molar-refractivity contribution is 6.33. The van der Waals surface area contributed by atoms with Crippen molar-refractivity contribution < 1.29 is 23.8 Å². The van der Waals surface area contributed by atoms with Crippen molar-refractivity contribution in [3.8, 4) is 0 Å².